The molecule has 2 nitrogen and oxygen atoms in total. The normalized spacial score (nSPS) is 10.1. The first-order chi connectivity index (χ1) is 8.65. The van der Waals surface area contributed by atoms with Gasteiger partial charge in [-0.25, -0.2) is 4.39 Å². The Morgan fingerprint density at radius 2 is 1.89 bits per heavy atom. The second-order valence-electron chi connectivity index (χ2n) is 4.18. The molecule has 0 aliphatic rings. The van der Waals surface area contributed by atoms with E-state index in [1.54, 1.807) is 0 Å². The molecule has 1 amide bonds. The second-order valence-corrected chi connectivity index (χ2v) is 4.18. The molecule has 0 saturated carbocycles. The van der Waals surface area contributed by atoms with E-state index in [4.69, 9.17) is 0 Å². The van der Waals surface area contributed by atoms with E-state index >= 15 is 0 Å². The van der Waals surface area contributed by atoms with Crippen molar-refractivity contribution in [1.82, 2.24) is 5.32 Å². The van der Waals surface area contributed by atoms with Gasteiger partial charge in [-0.3, -0.25) is 4.79 Å². The van der Waals surface area contributed by atoms with E-state index in [2.05, 4.69) is 5.32 Å². The molecule has 2 aromatic carbocycles. The molecule has 2 aromatic rings. The summed E-state index contributed by atoms with van der Waals surface area (Å²) in [6.45, 7) is 2.48. The van der Waals surface area contributed by atoms with Crippen LogP contribution in [0.25, 0.3) is 0 Å². The topological polar surface area (TPSA) is 29.1 Å². The van der Waals surface area contributed by atoms with Gasteiger partial charge in [0.15, 0.2) is 0 Å². The molecule has 0 aliphatic heterocycles. The molecule has 3 heteroatoms. The maximum atomic E-state index is 12.7. The standard InChI is InChI=1S/C15H14FNO/c1-11-3-2-4-12(9-11)10-17-15(18)13-5-7-14(16)8-6-13/h2-9H,10H2,1H3,(H,17,18). The SMILES string of the molecule is Cc1cccc(CNC(=O)c2ccc(F)cc2)c1. The average Bonchev–Trinajstić information content (AvgIpc) is 2.37. The summed E-state index contributed by atoms with van der Waals surface area (Å²) in [5, 5.41) is 2.80. The Hall–Kier alpha value is -2.16. The molecular formula is C15H14FNO. The Balaban J connectivity index is 1.98. The number of halogens is 1. The average molecular weight is 243 g/mol. The van der Waals surface area contributed by atoms with Crippen molar-refractivity contribution in [3.8, 4) is 0 Å². The first-order valence-corrected chi connectivity index (χ1v) is 5.74. The van der Waals surface area contributed by atoms with Gasteiger partial charge in [0.05, 0.1) is 0 Å². The number of hydrogen-bond acceptors (Lipinski definition) is 1. The van der Waals surface area contributed by atoms with E-state index in [9.17, 15) is 9.18 Å². The highest BCUT2D eigenvalue weighted by Crippen LogP contribution is 2.05. The molecule has 18 heavy (non-hydrogen) atoms. The third-order valence-electron chi connectivity index (χ3n) is 2.64. The second kappa shape index (κ2) is 5.45. The van der Waals surface area contributed by atoms with Crippen LogP contribution in [0.4, 0.5) is 4.39 Å². The molecule has 0 unspecified atom stereocenters. The molecule has 92 valence electrons. The van der Waals surface area contributed by atoms with Gasteiger partial charge in [0.25, 0.3) is 5.91 Å². The van der Waals surface area contributed by atoms with E-state index in [1.165, 1.54) is 24.3 Å². The number of carbonyl (C=O) groups excluding carboxylic acids is 1. The van der Waals surface area contributed by atoms with Crippen molar-refractivity contribution in [2.24, 2.45) is 0 Å². The van der Waals surface area contributed by atoms with E-state index in [-0.39, 0.29) is 11.7 Å². The molecule has 2 rings (SSSR count). The summed E-state index contributed by atoms with van der Waals surface area (Å²) in [7, 11) is 0. The summed E-state index contributed by atoms with van der Waals surface area (Å²) in [6.07, 6.45) is 0. The van der Waals surface area contributed by atoms with Crippen LogP contribution in [0.5, 0.6) is 0 Å². The lowest BCUT2D eigenvalue weighted by atomic mass is 10.1. The fourth-order valence-corrected chi connectivity index (χ4v) is 1.71. The summed E-state index contributed by atoms with van der Waals surface area (Å²) in [5.74, 6) is -0.540. The van der Waals surface area contributed by atoms with Crippen LogP contribution >= 0.6 is 0 Å². The zero-order chi connectivity index (χ0) is 13.0. The van der Waals surface area contributed by atoms with Crippen LogP contribution in [0.3, 0.4) is 0 Å². The number of carbonyl (C=O) groups is 1. The Bertz CT molecular complexity index is 549. The van der Waals surface area contributed by atoms with E-state index in [1.807, 2.05) is 31.2 Å². The van der Waals surface area contributed by atoms with Crippen molar-refractivity contribution in [2.75, 3.05) is 0 Å². The van der Waals surface area contributed by atoms with Crippen molar-refractivity contribution in [3.05, 3.63) is 71.0 Å². The van der Waals surface area contributed by atoms with Crippen LogP contribution in [0.2, 0.25) is 0 Å². The van der Waals surface area contributed by atoms with Gasteiger partial charge in [-0.15, -0.1) is 0 Å². The maximum Gasteiger partial charge on any atom is 0.251 e. The Morgan fingerprint density at radius 3 is 2.56 bits per heavy atom. The minimum Gasteiger partial charge on any atom is -0.348 e. The van der Waals surface area contributed by atoms with E-state index in [0.717, 1.165) is 11.1 Å². The smallest absolute Gasteiger partial charge is 0.251 e. The van der Waals surface area contributed by atoms with Gasteiger partial charge >= 0.3 is 0 Å². The number of nitrogens with one attached hydrogen (secondary N) is 1. The molecule has 0 atom stereocenters. The Labute approximate surface area is 105 Å². The number of rotatable bonds is 3. The van der Waals surface area contributed by atoms with Crippen LogP contribution < -0.4 is 5.32 Å². The fraction of sp³-hybridized carbons (Fsp3) is 0.133. The Kier molecular flexibility index (Phi) is 3.72. The number of benzene rings is 2. The summed E-state index contributed by atoms with van der Waals surface area (Å²) in [6, 6.07) is 13.4. The third kappa shape index (κ3) is 3.17. The van der Waals surface area contributed by atoms with Gasteiger partial charge in [0, 0.05) is 12.1 Å². The summed E-state index contributed by atoms with van der Waals surface area (Å²) < 4.78 is 12.7. The highest BCUT2D eigenvalue weighted by atomic mass is 19.1. The molecule has 0 radical (unpaired) electrons. The lowest BCUT2D eigenvalue weighted by Gasteiger charge is -2.06. The highest BCUT2D eigenvalue weighted by molar-refractivity contribution is 5.94. The van der Waals surface area contributed by atoms with Crippen LogP contribution in [0.15, 0.2) is 48.5 Å². The Morgan fingerprint density at radius 1 is 1.17 bits per heavy atom. The minimum atomic E-state index is -0.342. The van der Waals surface area contributed by atoms with Gasteiger partial charge in [-0.05, 0) is 36.8 Å². The molecule has 0 aromatic heterocycles. The van der Waals surface area contributed by atoms with Crippen molar-refractivity contribution in [3.63, 3.8) is 0 Å². The maximum absolute atomic E-state index is 12.7. The lowest BCUT2D eigenvalue weighted by Crippen LogP contribution is -2.22. The minimum absolute atomic E-state index is 0.198. The summed E-state index contributed by atoms with van der Waals surface area (Å²) in [5.41, 5.74) is 2.66. The number of hydrogen-bond donors (Lipinski definition) is 1. The largest absolute Gasteiger partial charge is 0.348 e. The van der Waals surface area contributed by atoms with Crippen molar-refractivity contribution in [1.29, 1.82) is 0 Å². The van der Waals surface area contributed by atoms with Crippen molar-refractivity contribution in [2.45, 2.75) is 13.5 Å². The predicted octanol–water partition coefficient (Wildman–Crippen LogP) is 3.06. The van der Waals surface area contributed by atoms with Crippen LogP contribution in [-0.4, -0.2) is 5.91 Å². The van der Waals surface area contributed by atoms with Crippen LogP contribution in [0, 0.1) is 12.7 Å². The number of amides is 1. The summed E-state index contributed by atoms with van der Waals surface area (Å²) >= 11 is 0. The highest BCUT2D eigenvalue weighted by Gasteiger charge is 2.04. The number of aryl methyl sites for hydroxylation is 1. The van der Waals surface area contributed by atoms with Gasteiger partial charge in [-0.2, -0.15) is 0 Å². The van der Waals surface area contributed by atoms with E-state index in [0.29, 0.717) is 12.1 Å². The molecule has 0 heterocycles. The first kappa shape index (κ1) is 12.3. The first-order valence-electron chi connectivity index (χ1n) is 5.74. The molecular weight excluding hydrogens is 229 g/mol. The van der Waals surface area contributed by atoms with Gasteiger partial charge < -0.3 is 5.32 Å². The zero-order valence-electron chi connectivity index (χ0n) is 10.1. The monoisotopic (exact) mass is 243 g/mol. The zero-order valence-corrected chi connectivity index (χ0v) is 10.1. The molecule has 0 aliphatic carbocycles. The molecule has 0 fully saturated rings. The van der Waals surface area contributed by atoms with E-state index < -0.39 is 0 Å². The van der Waals surface area contributed by atoms with Gasteiger partial charge in [0.1, 0.15) is 5.82 Å². The van der Waals surface area contributed by atoms with Crippen LogP contribution in [0.1, 0.15) is 21.5 Å². The fourth-order valence-electron chi connectivity index (χ4n) is 1.71. The summed E-state index contributed by atoms with van der Waals surface area (Å²) in [4.78, 5) is 11.8. The lowest BCUT2D eigenvalue weighted by molar-refractivity contribution is 0.0951. The predicted molar refractivity (Wildman–Crippen MR) is 68.7 cm³/mol. The van der Waals surface area contributed by atoms with Gasteiger partial charge in [0.2, 0.25) is 0 Å². The molecule has 0 spiro atoms. The molecule has 0 saturated heterocycles. The third-order valence-corrected chi connectivity index (χ3v) is 2.64. The van der Waals surface area contributed by atoms with Crippen molar-refractivity contribution < 1.29 is 9.18 Å². The molecule has 1 N–H and O–H groups in total. The quantitative estimate of drug-likeness (QED) is 0.882. The van der Waals surface area contributed by atoms with Crippen LogP contribution in [-0.2, 0) is 6.54 Å². The molecule has 0 bridgehead atoms. The van der Waals surface area contributed by atoms with Crippen molar-refractivity contribution >= 4 is 5.91 Å². The van der Waals surface area contributed by atoms with Gasteiger partial charge in [-0.1, -0.05) is 29.8 Å².